The zero-order chi connectivity index (χ0) is 17.1. The van der Waals surface area contributed by atoms with Crippen LogP contribution in [-0.2, 0) is 4.79 Å². The van der Waals surface area contributed by atoms with Crippen LogP contribution < -0.4 is 10.1 Å². The van der Waals surface area contributed by atoms with Crippen LogP contribution in [-0.4, -0.2) is 12.5 Å². The van der Waals surface area contributed by atoms with E-state index in [-0.39, 0.29) is 12.5 Å². The highest BCUT2D eigenvalue weighted by atomic mass is 79.9. The largest absolute Gasteiger partial charge is 0.484 e. The van der Waals surface area contributed by atoms with Gasteiger partial charge in [-0.05, 0) is 47.2 Å². The highest BCUT2D eigenvalue weighted by molar-refractivity contribution is 9.10. The molecule has 122 valence electrons. The van der Waals surface area contributed by atoms with Crippen molar-refractivity contribution in [1.29, 1.82) is 0 Å². The van der Waals surface area contributed by atoms with Crippen molar-refractivity contribution in [3.8, 4) is 5.75 Å². The summed E-state index contributed by atoms with van der Waals surface area (Å²) in [5.41, 5.74) is 0.387. The number of anilines is 1. The zero-order valence-corrected chi connectivity index (χ0v) is 15.5. The molecule has 0 atom stereocenters. The maximum atomic E-state index is 12.0. The zero-order valence-electron chi connectivity index (χ0n) is 12.4. The van der Waals surface area contributed by atoms with Gasteiger partial charge < -0.3 is 10.1 Å². The Bertz CT molecular complexity index is 894. The van der Waals surface area contributed by atoms with E-state index < -0.39 is 0 Å². The van der Waals surface area contributed by atoms with Crippen molar-refractivity contribution < 1.29 is 9.53 Å². The topological polar surface area (TPSA) is 38.3 Å². The first-order valence-corrected chi connectivity index (χ1v) is 8.64. The minimum atomic E-state index is -0.332. The Kier molecular flexibility index (Phi) is 5.29. The van der Waals surface area contributed by atoms with Gasteiger partial charge in [-0.1, -0.05) is 57.3 Å². The van der Waals surface area contributed by atoms with Crippen molar-refractivity contribution >= 4 is 61.5 Å². The molecule has 3 nitrogen and oxygen atoms in total. The number of nitrogens with one attached hydrogen (secondary N) is 1. The van der Waals surface area contributed by atoms with Gasteiger partial charge in [-0.2, -0.15) is 0 Å². The molecule has 24 heavy (non-hydrogen) atoms. The molecule has 0 unspecified atom stereocenters. The summed E-state index contributed by atoms with van der Waals surface area (Å²) < 4.78 is 6.56. The molecule has 0 radical (unpaired) electrons. The van der Waals surface area contributed by atoms with E-state index in [1.807, 2.05) is 36.4 Å². The van der Waals surface area contributed by atoms with Crippen LogP contribution in [0.4, 0.5) is 5.69 Å². The molecule has 0 spiro atoms. The summed E-state index contributed by atoms with van der Waals surface area (Å²) in [6, 6.07) is 16.6. The van der Waals surface area contributed by atoms with Gasteiger partial charge in [0.05, 0.1) is 15.7 Å². The number of benzene rings is 3. The van der Waals surface area contributed by atoms with Crippen molar-refractivity contribution in [3.05, 3.63) is 69.1 Å². The lowest BCUT2D eigenvalue weighted by Crippen LogP contribution is -2.20. The molecule has 3 aromatic carbocycles. The predicted octanol–water partition coefficient (Wildman–Crippen LogP) is 5.93. The average molecular weight is 425 g/mol. The molecule has 6 heteroatoms. The first-order chi connectivity index (χ1) is 11.5. The lowest BCUT2D eigenvalue weighted by molar-refractivity contribution is -0.118. The van der Waals surface area contributed by atoms with Gasteiger partial charge in [0.2, 0.25) is 0 Å². The summed E-state index contributed by atoms with van der Waals surface area (Å²) in [5.74, 6) is 0.283. The van der Waals surface area contributed by atoms with E-state index in [4.69, 9.17) is 27.9 Å². The Morgan fingerprint density at radius 1 is 1.00 bits per heavy atom. The first kappa shape index (κ1) is 17.1. The van der Waals surface area contributed by atoms with E-state index in [0.717, 1.165) is 15.2 Å². The summed E-state index contributed by atoms with van der Waals surface area (Å²) in [6.07, 6.45) is 0. The van der Waals surface area contributed by atoms with Crippen molar-refractivity contribution in [2.45, 2.75) is 0 Å². The second kappa shape index (κ2) is 7.43. The smallest absolute Gasteiger partial charge is 0.262 e. The summed E-state index contributed by atoms with van der Waals surface area (Å²) >= 11 is 15.5. The minimum absolute atomic E-state index is 0.135. The lowest BCUT2D eigenvalue weighted by Gasteiger charge is -2.10. The van der Waals surface area contributed by atoms with E-state index >= 15 is 0 Å². The molecule has 0 bridgehead atoms. The van der Waals surface area contributed by atoms with Gasteiger partial charge in [0.15, 0.2) is 6.61 Å². The number of ether oxygens (including phenoxy) is 1. The number of para-hydroxylation sites is 1. The van der Waals surface area contributed by atoms with Gasteiger partial charge in [0, 0.05) is 4.47 Å². The van der Waals surface area contributed by atoms with Gasteiger partial charge in [-0.15, -0.1) is 0 Å². The summed E-state index contributed by atoms with van der Waals surface area (Å²) in [5, 5.41) is 5.54. The van der Waals surface area contributed by atoms with Crippen molar-refractivity contribution in [1.82, 2.24) is 0 Å². The molecule has 0 aliphatic carbocycles. The summed E-state index contributed by atoms with van der Waals surface area (Å²) in [4.78, 5) is 12.0. The van der Waals surface area contributed by atoms with E-state index in [9.17, 15) is 4.79 Å². The highest BCUT2D eigenvalue weighted by Crippen LogP contribution is 2.29. The van der Waals surface area contributed by atoms with Gasteiger partial charge >= 0.3 is 0 Å². The average Bonchev–Trinajstić information content (AvgIpc) is 2.56. The number of amides is 1. The van der Waals surface area contributed by atoms with Gasteiger partial charge in [0.25, 0.3) is 5.91 Å². The Balaban J connectivity index is 1.67. The third-order valence-electron chi connectivity index (χ3n) is 3.37. The van der Waals surface area contributed by atoms with E-state index in [2.05, 4.69) is 21.2 Å². The molecule has 0 fully saturated rings. The van der Waals surface area contributed by atoms with Crippen LogP contribution in [0.5, 0.6) is 5.75 Å². The Hall–Kier alpha value is -1.75. The predicted molar refractivity (Wildman–Crippen MR) is 102 cm³/mol. The van der Waals surface area contributed by atoms with E-state index in [0.29, 0.717) is 21.5 Å². The molecule has 1 amide bonds. The SMILES string of the molecule is O=C(COc1ccc2cc(Br)ccc2c1)Nc1c(Cl)cccc1Cl. The van der Waals surface area contributed by atoms with E-state index in [1.54, 1.807) is 18.2 Å². The number of carbonyl (C=O) groups is 1. The van der Waals surface area contributed by atoms with Crippen LogP contribution in [0.2, 0.25) is 10.0 Å². The summed E-state index contributed by atoms with van der Waals surface area (Å²) in [6.45, 7) is -0.135. The maximum Gasteiger partial charge on any atom is 0.262 e. The second-order valence-electron chi connectivity index (χ2n) is 5.09. The second-order valence-corrected chi connectivity index (χ2v) is 6.82. The van der Waals surface area contributed by atoms with E-state index in [1.165, 1.54) is 0 Å². The van der Waals surface area contributed by atoms with Gasteiger partial charge in [-0.25, -0.2) is 0 Å². The molecular formula is C18H12BrCl2NO2. The first-order valence-electron chi connectivity index (χ1n) is 7.09. The molecule has 0 heterocycles. The van der Waals surface area contributed by atoms with Crippen LogP contribution in [0.15, 0.2) is 59.1 Å². The Morgan fingerprint density at radius 2 is 1.67 bits per heavy atom. The third-order valence-corrected chi connectivity index (χ3v) is 4.49. The van der Waals surface area contributed by atoms with Crippen LogP contribution in [0, 0.1) is 0 Å². The van der Waals surface area contributed by atoms with Gasteiger partial charge in [-0.3, -0.25) is 4.79 Å². The van der Waals surface area contributed by atoms with Crippen LogP contribution in [0.3, 0.4) is 0 Å². The molecule has 3 aromatic rings. The van der Waals surface area contributed by atoms with Crippen molar-refractivity contribution in [2.24, 2.45) is 0 Å². The molecule has 0 aliphatic heterocycles. The summed E-state index contributed by atoms with van der Waals surface area (Å²) in [7, 11) is 0. The molecular weight excluding hydrogens is 413 g/mol. The monoisotopic (exact) mass is 423 g/mol. The maximum absolute atomic E-state index is 12.0. The quantitative estimate of drug-likeness (QED) is 0.563. The van der Waals surface area contributed by atoms with Crippen molar-refractivity contribution in [2.75, 3.05) is 11.9 Å². The molecule has 0 saturated carbocycles. The van der Waals surface area contributed by atoms with Crippen molar-refractivity contribution in [3.63, 3.8) is 0 Å². The highest BCUT2D eigenvalue weighted by Gasteiger charge is 2.10. The third kappa shape index (κ3) is 4.01. The molecule has 0 aliphatic rings. The number of fused-ring (bicyclic) bond motifs is 1. The fourth-order valence-corrected chi connectivity index (χ4v) is 3.10. The Morgan fingerprint density at radius 3 is 2.42 bits per heavy atom. The minimum Gasteiger partial charge on any atom is -0.484 e. The molecule has 1 N–H and O–H groups in total. The normalized spacial score (nSPS) is 10.6. The number of hydrogen-bond acceptors (Lipinski definition) is 2. The molecule has 0 aromatic heterocycles. The van der Waals surface area contributed by atoms with Crippen LogP contribution in [0.25, 0.3) is 10.8 Å². The van der Waals surface area contributed by atoms with Crippen LogP contribution >= 0.6 is 39.1 Å². The van der Waals surface area contributed by atoms with Crippen LogP contribution in [0.1, 0.15) is 0 Å². The van der Waals surface area contributed by atoms with Gasteiger partial charge in [0.1, 0.15) is 5.75 Å². The molecule has 0 saturated heterocycles. The standard InChI is InChI=1S/C18H12BrCl2NO2/c19-13-6-4-12-9-14(7-5-11(12)8-13)24-10-17(23)22-18-15(20)2-1-3-16(18)21/h1-9H,10H2,(H,22,23). The lowest BCUT2D eigenvalue weighted by atomic mass is 10.1. The number of carbonyl (C=O) groups excluding carboxylic acids is 1. The number of rotatable bonds is 4. The fourth-order valence-electron chi connectivity index (χ4n) is 2.23. The number of hydrogen-bond donors (Lipinski definition) is 1. The number of halogens is 3. The Labute approximate surface area is 157 Å². The fraction of sp³-hybridized carbons (Fsp3) is 0.0556. The molecule has 3 rings (SSSR count).